The smallest absolute Gasteiger partial charge is 0.402 e. The maximum Gasteiger partial charge on any atom is 0.402 e. The first-order valence-electron chi connectivity index (χ1n) is 12.9. The van der Waals surface area contributed by atoms with Crippen molar-refractivity contribution in [3.63, 3.8) is 0 Å². The number of unbranched alkanes of at least 4 members (excludes halogenated alkanes) is 5. The Hall–Kier alpha value is -3.05. The highest BCUT2D eigenvalue weighted by Gasteiger charge is 2.22. The number of imidazole rings is 1. The number of benzene rings is 1. The lowest BCUT2D eigenvalue weighted by molar-refractivity contribution is -0.122. The summed E-state index contributed by atoms with van der Waals surface area (Å²) >= 11 is 0. The molecule has 38 heavy (non-hydrogen) atoms. The van der Waals surface area contributed by atoms with Crippen molar-refractivity contribution < 1.29 is 23.5 Å². The first kappa shape index (κ1) is 29.5. The molecule has 1 amide bonds. The third kappa shape index (κ3) is 9.36. The van der Waals surface area contributed by atoms with Gasteiger partial charge >= 0.3 is 7.60 Å². The van der Waals surface area contributed by atoms with Gasteiger partial charge in [0.2, 0.25) is 5.91 Å². The molecule has 3 rings (SSSR count). The largest absolute Gasteiger partial charge is 0.423 e. The van der Waals surface area contributed by atoms with Crippen molar-refractivity contribution in [3.8, 4) is 5.75 Å². The average molecular weight is 548 g/mol. The zero-order valence-electron chi connectivity index (χ0n) is 21.8. The number of aromatic nitrogens is 4. The van der Waals surface area contributed by atoms with E-state index in [1.165, 1.54) is 32.0 Å². The predicted molar refractivity (Wildman–Crippen MR) is 146 cm³/mol. The zero-order valence-corrected chi connectivity index (χ0v) is 22.7. The normalized spacial score (nSPS) is 13.8. The Balaban J connectivity index is 1.36. The van der Waals surface area contributed by atoms with Crippen LogP contribution in [-0.4, -0.2) is 55.9 Å². The van der Waals surface area contributed by atoms with Crippen LogP contribution in [0.3, 0.4) is 0 Å². The van der Waals surface area contributed by atoms with Crippen LogP contribution in [0.4, 0.5) is 5.82 Å². The van der Waals surface area contributed by atoms with Gasteiger partial charge in [-0.2, -0.15) is 0 Å². The number of hydrogen-bond donors (Lipinski definition) is 4. The van der Waals surface area contributed by atoms with Gasteiger partial charge < -0.3 is 35.5 Å². The minimum Gasteiger partial charge on any atom is -0.423 e. The molecule has 12 nitrogen and oxygen atoms in total. The van der Waals surface area contributed by atoms with Gasteiger partial charge in [-0.1, -0.05) is 51.2 Å². The van der Waals surface area contributed by atoms with Gasteiger partial charge in [-0.3, -0.25) is 4.79 Å². The third-order valence-corrected chi connectivity index (χ3v) is 6.96. The van der Waals surface area contributed by atoms with Crippen molar-refractivity contribution in [2.45, 2.75) is 64.5 Å². The number of ether oxygens (including phenoxy) is 1. The van der Waals surface area contributed by atoms with Gasteiger partial charge in [0, 0.05) is 13.1 Å². The van der Waals surface area contributed by atoms with Crippen LogP contribution in [0.15, 0.2) is 36.9 Å². The molecule has 0 aliphatic carbocycles. The number of rotatable bonds is 17. The Kier molecular flexibility index (Phi) is 11.5. The Morgan fingerprint density at radius 2 is 1.87 bits per heavy atom. The number of carbonyl (C=O) groups is 1. The lowest BCUT2D eigenvalue weighted by Crippen LogP contribution is -2.42. The summed E-state index contributed by atoms with van der Waals surface area (Å²) < 4.78 is 24.8. The molecule has 0 spiro atoms. The second-order valence-corrected chi connectivity index (χ2v) is 10.9. The van der Waals surface area contributed by atoms with E-state index in [0.29, 0.717) is 30.7 Å². The number of hydrogen-bond acceptors (Lipinski definition) is 9. The highest BCUT2D eigenvalue weighted by molar-refractivity contribution is 7.53. The second kappa shape index (κ2) is 14.8. The quantitative estimate of drug-likeness (QED) is 0.145. The SMILES string of the molecule is CCCCCCCCNC(=O)[C@@H](N)Cc1ccc(OP(=O)(O)COCCn2cnc3c(N)ncnc32)cc1. The van der Waals surface area contributed by atoms with Crippen molar-refractivity contribution in [3.05, 3.63) is 42.5 Å². The van der Waals surface area contributed by atoms with E-state index in [9.17, 15) is 14.3 Å². The summed E-state index contributed by atoms with van der Waals surface area (Å²) in [6.07, 6.45) is 9.70. The minimum absolute atomic E-state index is 0.140. The van der Waals surface area contributed by atoms with Gasteiger partial charge in [-0.05, 0) is 30.5 Å². The number of nitrogens with zero attached hydrogens (tertiary/aromatic N) is 4. The first-order valence-corrected chi connectivity index (χ1v) is 14.7. The minimum atomic E-state index is -4.04. The topological polar surface area (TPSA) is 181 Å². The zero-order chi connectivity index (χ0) is 27.4. The van der Waals surface area contributed by atoms with E-state index in [1.807, 2.05) is 0 Å². The Bertz CT molecular complexity index is 1200. The van der Waals surface area contributed by atoms with Crippen molar-refractivity contribution in [1.29, 1.82) is 0 Å². The summed E-state index contributed by atoms with van der Waals surface area (Å²) in [7, 11) is -4.04. The molecule has 0 bridgehead atoms. The monoisotopic (exact) mass is 547 g/mol. The van der Waals surface area contributed by atoms with Gasteiger partial charge in [0.15, 0.2) is 17.8 Å². The predicted octanol–water partition coefficient (Wildman–Crippen LogP) is 2.99. The number of anilines is 1. The summed E-state index contributed by atoms with van der Waals surface area (Å²) in [5, 5.41) is 2.89. The maximum absolute atomic E-state index is 12.4. The van der Waals surface area contributed by atoms with E-state index in [0.717, 1.165) is 18.4 Å². The fraction of sp³-hybridized carbons (Fsp3) is 0.520. The molecule has 3 aromatic rings. The molecule has 0 aliphatic rings. The number of carbonyl (C=O) groups excluding carboxylic acids is 1. The Morgan fingerprint density at radius 1 is 1.13 bits per heavy atom. The van der Waals surface area contributed by atoms with Gasteiger partial charge in [0.05, 0.1) is 19.0 Å². The molecule has 1 aromatic carbocycles. The van der Waals surface area contributed by atoms with Crippen LogP contribution in [0.25, 0.3) is 11.2 Å². The van der Waals surface area contributed by atoms with E-state index < -0.39 is 20.0 Å². The highest BCUT2D eigenvalue weighted by Crippen LogP contribution is 2.42. The standard InChI is InChI=1S/C25H38N7O5P/c1-2-3-4-5-6-7-12-28-25(33)21(26)15-19-8-10-20(11-9-19)37-38(34,35)18-36-14-13-32-17-31-22-23(27)29-16-30-24(22)32/h8-11,16-17,21H,2-7,12-15,18,26H2,1H3,(H,28,33)(H,34,35)(H2,27,29,30)/t21-/m0/s1. The summed E-state index contributed by atoms with van der Waals surface area (Å²) in [6, 6.07) is 5.90. The van der Waals surface area contributed by atoms with E-state index in [-0.39, 0.29) is 24.1 Å². The molecule has 0 radical (unpaired) electrons. The molecule has 1 unspecified atom stereocenters. The number of amides is 1. The van der Waals surface area contributed by atoms with Crippen LogP contribution in [0.5, 0.6) is 5.75 Å². The number of fused-ring (bicyclic) bond motifs is 1. The van der Waals surface area contributed by atoms with Gasteiger partial charge in [-0.25, -0.2) is 19.5 Å². The Morgan fingerprint density at radius 3 is 2.63 bits per heavy atom. The molecule has 208 valence electrons. The van der Waals surface area contributed by atoms with Crippen LogP contribution in [0.2, 0.25) is 0 Å². The number of nitrogen functional groups attached to an aromatic ring is 1. The molecule has 2 heterocycles. The molecule has 0 saturated heterocycles. The van der Waals surface area contributed by atoms with Gasteiger partial charge in [0.25, 0.3) is 0 Å². The van der Waals surface area contributed by atoms with E-state index in [4.69, 9.17) is 20.7 Å². The third-order valence-electron chi connectivity index (χ3n) is 5.95. The lowest BCUT2D eigenvalue weighted by atomic mass is 10.1. The van der Waals surface area contributed by atoms with Crippen molar-refractivity contribution in [2.24, 2.45) is 5.73 Å². The van der Waals surface area contributed by atoms with E-state index in [2.05, 4.69) is 27.2 Å². The number of nitrogens with two attached hydrogens (primary N) is 2. The van der Waals surface area contributed by atoms with Crippen LogP contribution >= 0.6 is 7.60 Å². The Labute approximate surface area is 222 Å². The maximum atomic E-state index is 12.4. The lowest BCUT2D eigenvalue weighted by Gasteiger charge is -2.15. The first-order chi connectivity index (χ1) is 18.3. The van der Waals surface area contributed by atoms with Crippen molar-refractivity contribution in [2.75, 3.05) is 25.2 Å². The fourth-order valence-electron chi connectivity index (χ4n) is 3.88. The fourth-order valence-corrected chi connectivity index (χ4v) is 4.74. The van der Waals surface area contributed by atoms with Crippen LogP contribution in [0.1, 0.15) is 51.0 Å². The summed E-state index contributed by atoms with van der Waals surface area (Å²) in [6.45, 7) is 3.31. The summed E-state index contributed by atoms with van der Waals surface area (Å²) in [4.78, 5) is 34.6. The molecule has 0 fully saturated rings. The molecule has 2 aromatic heterocycles. The molecule has 0 aliphatic heterocycles. The molecule has 13 heteroatoms. The van der Waals surface area contributed by atoms with Crippen LogP contribution in [0, 0.1) is 0 Å². The van der Waals surface area contributed by atoms with Gasteiger partial charge in [-0.15, -0.1) is 0 Å². The van der Waals surface area contributed by atoms with Crippen molar-refractivity contribution in [1.82, 2.24) is 24.8 Å². The van der Waals surface area contributed by atoms with Crippen molar-refractivity contribution >= 4 is 30.5 Å². The highest BCUT2D eigenvalue weighted by atomic mass is 31.2. The molecule has 0 saturated carbocycles. The molecule has 6 N–H and O–H groups in total. The second-order valence-electron chi connectivity index (χ2n) is 9.15. The van der Waals surface area contributed by atoms with Crippen LogP contribution in [-0.2, 0) is 27.1 Å². The van der Waals surface area contributed by atoms with Crippen LogP contribution < -0.4 is 21.3 Å². The molecular formula is C25H38N7O5P. The van der Waals surface area contributed by atoms with E-state index >= 15 is 0 Å². The summed E-state index contributed by atoms with van der Waals surface area (Å²) in [5.41, 5.74) is 13.7. The van der Waals surface area contributed by atoms with E-state index in [1.54, 1.807) is 35.2 Å². The average Bonchev–Trinajstić information content (AvgIpc) is 3.31. The number of nitrogens with one attached hydrogen (secondary N) is 1. The molecular weight excluding hydrogens is 509 g/mol. The van der Waals surface area contributed by atoms with Gasteiger partial charge in [0.1, 0.15) is 17.6 Å². The molecule has 2 atom stereocenters. The summed E-state index contributed by atoms with van der Waals surface area (Å²) in [5.74, 6) is 0.315.